The second-order valence-electron chi connectivity index (χ2n) is 6.38. The van der Waals surface area contributed by atoms with Gasteiger partial charge in [0.15, 0.2) is 0 Å². The monoisotopic (exact) mass is 320 g/mol. The highest BCUT2D eigenvalue weighted by atomic mass is 16.5. The maximum Gasteiger partial charge on any atom is 0.328 e. The first-order chi connectivity index (χ1) is 10.8. The predicted molar refractivity (Wildman–Crippen MR) is 91.0 cm³/mol. The number of benzene rings is 1. The van der Waals surface area contributed by atoms with Crippen molar-refractivity contribution >= 4 is 11.9 Å². The number of hydrogen-bond donors (Lipinski definition) is 1. The van der Waals surface area contributed by atoms with E-state index >= 15 is 0 Å². The molecule has 0 saturated carbocycles. The van der Waals surface area contributed by atoms with Crippen LogP contribution in [0.5, 0.6) is 0 Å². The van der Waals surface area contributed by atoms with Crippen molar-refractivity contribution in [1.82, 2.24) is 10.2 Å². The highest BCUT2D eigenvalue weighted by Gasteiger charge is 2.28. The molecule has 0 heterocycles. The van der Waals surface area contributed by atoms with Crippen molar-refractivity contribution in [1.29, 1.82) is 0 Å². The number of rotatable bonds is 8. The summed E-state index contributed by atoms with van der Waals surface area (Å²) in [7, 11) is 5.07. The molecule has 1 N–H and O–H groups in total. The van der Waals surface area contributed by atoms with Crippen LogP contribution in [-0.2, 0) is 20.7 Å². The van der Waals surface area contributed by atoms with Crippen molar-refractivity contribution in [2.75, 3.05) is 21.2 Å². The first-order valence-electron chi connectivity index (χ1n) is 7.93. The van der Waals surface area contributed by atoms with Crippen LogP contribution in [-0.4, -0.2) is 50.1 Å². The molecule has 0 unspecified atom stereocenters. The van der Waals surface area contributed by atoms with Crippen LogP contribution in [0.2, 0.25) is 0 Å². The van der Waals surface area contributed by atoms with Gasteiger partial charge in [0.1, 0.15) is 6.04 Å². The van der Waals surface area contributed by atoms with Gasteiger partial charge in [0.2, 0.25) is 5.91 Å². The van der Waals surface area contributed by atoms with Gasteiger partial charge in [-0.1, -0.05) is 44.2 Å². The fourth-order valence-corrected chi connectivity index (χ4v) is 2.44. The highest BCUT2D eigenvalue weighted by molar-refractivity contribution is 5.87. The Morgan fingerprint density at radius 3 is 2.26 bits per heavy atom. The first kappa shape index (κ1) is 19.2. The summed E-state index contributed by atoms with van der Waals surface area (Å²) < 4.78 is 4.81. The number of hydrogen-bond acceptors (Lipinski definition) is 4. The minimum atomic E-state index is -0.606. The molecule has 0 saturated heterocycles. The molecule has 23 heavy (non-hydrogen) atoms. The van der Waals surface area contributed by atoms with Crippen molar-refractivity contribution < 1.29 is 14.3 Å². The molecule has 0 bridgehead atoms. The molecule has 0 spiro atoms. The number of amides is 1. The summed E-state index contributed by atoms with van der Waals surface area (Å²) in [6.45, 7) is 4.02. The fourth-order valence-electron chi connectivity index (χ4n) is 2.44. The second-order valence-corrected chi connectivity index (χ2v) is 6.38. The minimum Gasteiger partial charge on any atom is -0.467 e. The van der Waals surface area contributed by atoms with Crippen LogP contribution in [0.4, 0.5) is 0 Å². The topological polar surface area (TPSA) is 58.6 Å². The Bertz CT molecular complexity index is 500. The van der Waals surface area contributed by atoms with E-state index in [1.807, 2.05) is 63.2 Å². The predicted octanol–water partition coefficient (Wildman–Crippen LogP) is 1.86. The normalized spacial score (nSPS) is 13.7. The van der Waals surface area contributed by atoms with E-state index < -0.39 is 12.0 Å². The third-order valence-electron chi connectivity index (χ3n) is 3.71. The number of esters is 1. The molecular weight excluding hydrogens is 292 g/mol. The largest absolute Gasteiger partial charge is 0.467 e. The molecule has 0 aliphatic carbocycles. The summed E-state index contributed by atoms with van der Waals surface area (Å²) >= 11 is 0. The Balaban J connectivity index is 2.81. The molecule has 1 aromatic rings. The zero-order valence-corrected chi connectivity index (χ0v) is 14.7. The van der Waals surface area contributed by atoms with Crippen LogP contribution in [0.1, 0.15) is 25.8 Å². The molecule has 0 aliphatic rings. The number of nitrogens with one attached hydrogen (secondary N) is 1. The van der Waals surface area contributed by atoms with Gasteiger partial charge in [-0.15, -0.1) is 0 Å². The van der Waals surface area contributed by atoms with Crippen LogP contribution >= 0.6 is 0 Å². The Kier molecular flexibility index (Phi) is 7.75. The smallest absolute Gasteiger partial charge is 0.328 e. The van der Waals surface area contributed by atoms with Gasteiger partial charge in [0, 0.05) is 0 Å². The number of carbonyl (C=O) groups excluding carboxylic acids is 2. The summed E-state index contributed by atoms with van der Waals surface area (Å²) in [5.41, 5.74) is 1.08. The van der Waals surface area contributed by atoms with Crippen LogP contribution in [0.25, 0.3) is 0 Å². The lowest BCUT2D eigenvalue weighted by Crippen LogP contribution is -2.51. The average molecular weight is 320 g/mol. The lowest BCUT2D eigenvalue weighted by atomic mass is 10.0. The second kappa shape index (κ2) is 9.30. The van der Waals surface area contributed by atoms with Crippen LogP contribution < -0.4 is 5.32 Å². The lowest BCUT2D eigenvalue weighted by Gasteiger charge is -2.26. The maximum atomic E-state index is 12.6. The summed E-state index contributed by atoms with van der Waals surface area (Å²) in [6.07, 6.45) is 1.15. The Labute approximate surface area is 139 Å². The van der Waals surface area contributed by atoms with Gasteiger partial charge in [-0.2, -0.15) is 0 Å². The van der Waals surface area contributed by atoms with Gasteiger partial charge in [0.25, 0.3) is 0 Å². The van der Waals surface area contributed by atoms with Gasteiger partial charge < -0.3 is 10.1 Å². The van der Waals surface area contributed by atoms with Crippen molar-refractivity contribution in [3.05, 3.63) is 35.9 Å². The SMILES string of the molecule is COC(=O)[C@H](CC(C)C)NC(=O)[C@H](Cc1ccccc1)N(C)C. The molecule has 1 amide bonds. The van der Waals surface area contributed by atoms with Crippen LogP contribution in [0.15, 0.2) is 30.3 Å². The molecule has 2 atom stereocenters. The number of carbonyl (C=O) groups is 2. The van der Waals surface area contributed by atoms with Crippen molar-refractivity contribution in [3.63, 3.8) is 0 Å². The molecule has 0 aliphatic heterocycles. The zero-order chi connectivity index (χ0) is 17.4. The Morgan fingerprint density at radius 1 is 1.17 bits per heavy atom. The van der Waals surface area contributed by atoms with Gasteiger partial charge in [-0.05, 0) is 38.4 Å². The van der Waals surface area contributed by atoms with E-state index in [-0.39, 0.29) is 17.9 Å². The number of methoxy groups -OCH3 is 1. The lowest BCUT2D eigenvalue weighted by molar-refractivity contribution is -0.146. The van der Waals surface area contributed by atoms with E-state index in [0.29, 0.717) is 12.8 Å². The quantitative estimate of drug-likeness (QED) is 0.743. The van der Waals surface area contributed by atoms with Crippen LogP contribution in [0.3, 0.4) is 0 Å². The third-order valence-corrected chi connectivity index (χ3v) is 3.71. The van der Waals surface area contributed by atoms with E-state index in [9.17, 15) is 9.59 Å². The maximum absolute atomic E-state index is 12.6. The van der Waals surface area contributed by atoms with Gasteiger partial charge in [-0.25, -0.2) is 4.79 Å². The molecule has 5 heteroatoms. The number of nitrogens with zero attached hydrogens (tertiary/aromatic N) is 1. The molecule has 0 fully saturated rings. The highest BCUT2D eigenvalue weighted by Crippen LogP contribution is 2.10. The van der Waals surface area contributed by atoms with Gasteiger partial charge in [0.05, 0.1) is 13.2 Å². The standard InChI is InChI=1S/C18H28N2O3/c1-13(2)11-15(18(22)23-5)19-17(21)16(20(3)4)12-14-9-7-6-8-10-14/h6-10,13,15-16H,11-12H2,1-5H3,(H,19,21)/t15-,16-/m0/s1. The summed E-state index contributed by atoms with van der Waals surface area (Å²) in [5.74, 6) is -0.273. The molecular formula is C18H28N2O3. The van der Waals surface area contributed by atoms with Gasteiger partial charge in [-0.3, -0.25) is 9.69 Å². The fraction of sp³-hybridized carbons (Fsp3) is 0.556. The van der Waals surface area contributed by atoms with Crippen LogP contribution in [0, 0.1) is 5.92 Å². The summed E-state index contributed by atoms with van der Waals surface area (Å²) in [6, 6.07) is 8.91. The number of ether oxygens (including phenoxy) is 1. The van der Waals surface area contributed by atoms with E-state index in [0.717, 1.165) is 5.56 Å². The van der Waals surface area contributed by atoms with Gasteiger partial charge >= 0.3 is 5.97 Å². The molecule has 1 rings (SSSR count). The van der Waals surface area contributed by atoms with E-state index in [2.05, 4.69) is 5.32 Å². The minimum absolute atomic E-state index is 0.157. The molecule has 128 valence electrons. The van der Waals surface area contributed by atoms with Crippen molar-refractivity contribution in [3.8, 4) is 0 Å². The molecule has 5 nitrogen and oxygen atoms in total. The van der Waals surface area contributed by atoms with E-state index in [4.69, 9.17) is 4.74 Å². The Morgan fingerprint density at radius 2 is 1.78 bits per heavy atom. The van der Waals surface area contributed by atoms with E-state index in [1.54, 1.807) is 0 Å². The Hall–Kier alpha value is -1.88. The molecule has 0 radical (unpaired) electrons. The molecule has 1 aromatic carbocycles. The van der Waals surface area contributed by atoms with Crippen molar-refractivity contribution in [2.45, 2.75) is 38.8 Å². The average Bonchev–Trinajstić information content (AvgIpc) is 2.51. The first-order valence-corrected chi connectivity index (χ1v) is 7.93. The third kappa shape index (κ3) is 6.40. The zero-order valence-electron chi connectivity index (χ0n) is 14.7. The number of likely N-dealkylation sites (N-methyl/N-ethyl adjacent to an activating group) is 1. The molecule has 0 aromatic heterocycles. The summed E-state index contributed by atoms with van der Waals surface area (Å²) in [5, 5.41) is 2.85. The summed E-state index contributed by atoms with van der Waals surface area (Å²) in [4.78, 5) is 26.4. The van der Waals surface area contributed by atoms with Crippen molar-refractivity contribution in [2.24, 2.45) is 5.92 Å². The van der Waals surface area contributed by atoms with E-state index in [1.165, 1.54) is 7.11 Å².